The summed E-state index contributed by atoms with van der Waals surface area (Å²) in [5.74, 6) is 0.622. The zero-order chi connectivity index (χ0) is 12.8. The first-order valence-corrected chi connectivity index (χ1v) is 6.58. The Morgan fingerprint density at radius 1 is 1.12 bits per heavy atom. The third-order valence-electron chi connectivity index (χ3n) is 3.04. The molecule has 0 fully saturated rings. The summed E-state index contributed by atoms with van der Waals surface area (Å²) < 4.78 is 0. The Bertz CT molecular complexity index is 474. The lowest BCUT2D eigenvalue weighted by Crippen LogP contribution is -1.92. The maximum atomic E-state index is 4.55. The Labute approximate surface area is 105 Å². The molecule has 0 saturated carbocycles. The minimum absolute atomic E-state index is 0.622. The highest BCUT2D eigenvalue weighted by molar-refractivity contribution is 5.79. The summed E-state index contributed by atoms with van der Waals surface area (Å²) in [5, 5.41) is 1.23. The topological polar surface area (TPSA) is 12.9 Å². The summed E-state index contributed by atoms with van der Waals surface area (Å²) >= 11 is 0. The molecular weight excluding hydrogens is 206 g/mol. The van der Waals surface area contributed by atoms with Crippen molar-refractivity contribution in [3.63, 3.8) is 0 Å². The number of rotatable bonds is 2. The molecular formula is C16H23N. The van der Waals surface area contributed by atoms with Crippen LogP contribution < -0.4 is 0 Å². The molecule has 1 aromatic carbocycles. The number of aryl methyl sites for hydroxylation is 1. The van der Waals surface area contributed by atoms with Crippen molar-refractivity contribution >= 4 is 10.9 Å². The summed E-state index contributed by atoms with van der Waals surface area (Å²) in [6.07, 6.45) is 1.18. The van der Waals surface area contributed by atoms with Crippen LogP contribution >= 0.6 is 0 Å². The summed E-state index contributed by atoms with van der Waals surface area (Å²) in [6.45, 7) is 10.5. The maximum absolute atomic E-state index is 4.55. The summed E-state index contributed by atoms with van der Waals surface area (Å²) in [4.78, 5) is 4.55. The van der Waals surface area contributed by atoms with E-state index in [4.69, 9.17) is 0 Å². The molecule has 0 N–H and O–H groups in total. The lowest BCUT2D eigenvalue weighted by Gasteiger charge is -2.09. The molecule has 2 rings (SSSR count). The minimum Gasteiger partial charge on any atom is -0.253 e. The molecule has 1 atom stereocenters. The predicted octanol–water partition coefficient (Wildman–Crippen LogP) is 5.08. The molecule has 0 bridgehead atoms. The standard InChI is InChI=1S/C14H17N.C2H6/c1-4-10(2)13-8-7-12-6-5-11(3)15-14(12)9-13;1-2/h5-10H,4H2,1-3H3;1-2H3. The Morgan fingerprint density at radius 3 is 2.41 bits per heavy atom. The average molecular weight is 229 g/mol. The van der Waals surface area contributed by atoms with Crippen molar-refractivity contribution in [2.24, 2.45) is 0 Å². The van der Waals surface area contributed by atoms with Gasteiger partial charge in [0, 0.05) is 11.1 Å². The fourth-order valence-corrected chi connectivity index (χ4v) is 1.78. The number of nitrogens with zero attached hydrogens (tertiary/aromatic N) is 1. The first-order chi connectivity index (χ1) is 8.20. The normalized spacial score (nSPS) is 11.8. The number of hydrogen-bond donors (Lipinski definition) is 0. The van der Waals surface area contributed by atoms with Gasteiger partial charge in [0.2, 0.25) is 0 Å². The van der Waals surface area contributed by atoms with E-state index >= 15 is 0 Å². The molecule has 1 heterocycles. The molecule has 92 valence electrons. The van der Waals surface area contributed by atoms with E-state index in [0.29, 0.717) is 5.92 Å². The maximum Gasteiger partial charge on any atom is 0.0708 e. The van der Waals surface area contributed by atoms with Gasteiger partial charge in [-0.05, 0) is 37.0 Å². The number of fused-ring (bicyclic) bond motifs is 1. The van der Waals surface area contributed by atoms with Crippen LogP contribution in [-0.2, 0) is 0 Å². The third-order valence-corrected chi connectivity index (χ3v) is 3.04. The van der Waals surface area contributed by atoms with Gasteiger partial charge in [0.1, 0.15) is 0 Å². The van der Waals surface area contributed by atoms with Crippen LogP contribution in [0.25, 0.3) is 10.9 Å². The molecule has 0 aliphatic heterocycles. The first kappa shape index (κ1) is 13.7. The van der Waals surface area contributed by atoms with Gasteiger partial charge in [-0.25, -0.2) is 0 Å². The van der Waals surface area contributed by atoms with E-state index in [0.717, 1.165) is 11.2 Å². The minimum atomic E-state index is 0.622. The van der Waals surface area contributed by atoms with Gasteiger partial charge in [-0.3, -0.25) is 4.98 Å². The Hall–Kier alpha value is -1.37. The fourth-order valence-electron chi connectivity index (χ4n) is 1.78. The molecule has 17 heavy (non-hydrogen) atoms. The second-order valence-corrected chi connectivity index (χ2v) is 4.21. The van der Waals surface area contributed by atoms with Crippen molar-refractivity contribution in [3.8, 4) is 0 Å². The molecule has 0 spiro atoms. The fraction of sp³-hybridized carbons (Fsp3) is 0.438. The molecule has 0 amide bonds. The van der Waals surface area contributed by atoms with Crippen LogP contribution in [0.3, 0.4) is 0 Å². The highest BCUT2D eigenvalue weighted by Gasteiger charge is 2.04. The van der Waals surface area contributed by atoms with Gasteiger partial charge >= 0.3 is 0 Å². The largest absolute Gasteiger partial charge is 0.253 e. The lowest BCUT2D eigenvalue weighted by molar-refractivity contribution is 0.734. The van der Waals surface area contributed by atoms with E-state index < -0.39 is 0 Å². The lowest BCUT2D eigenvalue weighted by atomic mass is 9.97. The molecule has 2 aromatic rings. The molecule has 0 aliphatic rings. The van der Waals surface area contributed by atoms with Crippen LogP contribution in [0.5, 0.6) is 0 Å². The van der Waals surface area contributed by atoms with Crippen molar-refractivity contribution in [2.75, 3.05) is 0 Å². The highest BCUT2D eigenvalue weighted by Crippen LogP contribution is 2.22. The van der Waals surface area contributed by atoms with Crippen LogP contribution in [0.4, 0.5) is 0 Å². The van der Waals surface area contributed by atoms with E-state index in [-0.39, 0.29) is 0 Å². The van der Waals surface area contributed by atoms with Gasteiger partial charge in [0.05, 0.1) is 5.52 Å². The summed E-state index contributed by atoms with van der Waals surface area (Å²) in [7, 11) is 0. The number of hydrogen-bond acceptors (Lipinski definition) is 1. The van der Waals surface area contributed by atoms with Gasteiger partial charge in [-0.15, -0.1) is 0 Å². The van der Waals surface area contributed by atoms with E-state index in [1.165, 1.54) is 17.4 Å². The Kier molecular flexibility index (Phi) is 5.14. The molecule has 0 radical (unpaired) electrons. The van der Waals surface area contributed by atoms with Crippen molar-refractivity contribution < 1.29 is 0 Å². The quantitative estimate of drug-likeness (QED) is 0.699. The zero-order valence-corrected chi connectivity index (χ0v) is 11.6. The van der Waals surface area contributed by atoms with Gasteiger partial charge in [-0.1, -0.05) is 45.9 Å². The van der Waals surface area contributed by atoms with E-state index in [1.54, 1.807) is 0 Å². The van der Waals surface area contributed by atoms with Gasteiger partial charge in [0.15, 0.2) is 0 Å². The molecule has 1 heteroatoms. The number of pyridine rings is 1. The third kappa shape index (κ3) is 3.29. The van der Waals surface area contributed by atoms with E-state index in [1.807, 2.05) is 20.8 Å². The number of aromatic nitrogens is 1. The van der Waals surface area contributed by atoms with Crippen molar-refractivity contribution in [1.29, 1.82) is 0 Å². The molecule has 1 nitrogen and oxygen atoms in total. The summed E-state index contributed by atoms with van der Waals surface area (Å²) in [5.41, 5.74) is 3.60. The molecule has 1 aromatic heterocycles. The molecule has 0 saturated heterocycles. The van der Waals surface area contributed by atoms with Crippen LogP contribution in [-0.4, -0.2) is 4.98 Å². The Balaban J connectivity index is 0.000000686. The Morgan fingerprint density at radius 2 is 1.76 bits per heavy atom. The predicted molar refractivity (Wildman–Crippen MR) is 76.5 cm³/mol. The first-order valence-electron chi connectivity index (χ1n) is 6.58. The zero-order valence-electron chi connectivity index (χ0n) is 11.6. The smallest absolute Gasteiger partial charge is 0.0708 e. The summed E-state index contributed by atoms with van der Waals surface area (Å²) in [6, 6.07) is 10.8. The van der Waals surface area contributed by atoms with Crippen molar-refractivity contribution in [3.05, 3.63) is 41.6 Å². The van der Waals surface area contributed by atoms with Gasteiger partial charge in [0.25, 0.3) is 0 Å². The van der Waals surface area contributed by atoms with Crippen LogP contribution in [0.2, 0.25) is 0 Å². The van der Waals surface area contributed by atoms with Crippen LogP contribution in [0, 0.1) is 6.92 Å². The highest BCUT2D eigenvalue weighted by atomic mass is 14.7. The van der Waals surface area contributed by atoms with Crippen LogP contribution in [0.15, 0.2) is 30.3 Å². The van der Waals surface area contributed by atoms with E-state index in [9.17, 15) is 0 Å². The second kappa shape index (κ2) is 6.39. The van der Waals surface area contributed by atoms with E-state index in [2.05, 4.69) is 49.2 Å². The van der Waals surface area contributed by atoms with Gasteiger partial charge in [-0.2, -0.15) is 0 Å². The van der Waals surface area contributed by atoms with Gasteiger partial charge < -0.3 is 0 Å². The van der Waals surface area contributed by atoms with Crippen molar-refractivity contribution in [2.45, 2.75) is 47.0 Å². The molecule has 1 unspecified atom stereocenters. The average Bonchev–Trinajstić information content (AvgIpc) is 2.39. The monoisotopic (exact) mass is 229 g/mol. The second-order valence-electron chi connectivity index (χ2n) is 4.21. The van der Waals surface area contributed by atoms with Crippen LogP contribution in [0.1, 0.15) is 51.3 Å². The number of benzene rings is 1. The van der Waals surface area contributed by atoms with Crippen molar-refractivity contribution in [1.82, 2.24) is 4.98 Å². The SMILES string of the molecule is CC.CCC(C)c1ccc2ccc(C)nc2c1. The molecule has 0 aliphatic carbocycles.